The van der Waals surface area contributed by atoms with Crippen LogP contribution >= 0.6 is 22.1 Å². The highest BCUT2D eigenvalue weighted by atomic mass is 35.5. The fourth-order valence-corrected chi connectivity index (χ4v) is 3.93. The Bertz CT molecular complexity index is 770. The summed E-state index contributed by atoms with van der Waals surface area (Å²) in [6.45, 7) is 0.379. The Labute approximate surface area is 129 Å². The quantitative estimate of drug-likeness (QED) is 0.857. The molecule has 2 aromatic carbocycles. The number of hydrogen-bond donors (Lipinski definition) is 1. The average Bonchev–Trinajstić information content (AvgIpc) is 2.80. The molecule has 0 bridgehead atoms. The van der Waals surface area contributed by atoms with E-state index in [1.165, 1.54) is 0 Å². The Morgan fingerprint density at radius 1 is 1.19 bits per heavy atom. The van der Waals surface area contributed by atoms with Gasteiger partial charge in [0.15, 0.2) is 10.4 Å². The second-order valence-electron chi connectivity index (χ2n) is 4.37. The van der Waals surface area contributed by atoms with Gasteiger partial charge in [-0.15, -0.1) is 0 Å². The van der Waals surface area contributed by atoms with Gasteiger partial charge in [0.1, 0.15) is 0 Å². The first-order chi connectivity index (χ1) is 10.2. The monoisotopic (exact) mass is 318 g/mol. The molecule has 1 N–H and O–H groups in total. The minimum Gasteiger partial charge on any atom is -0.282 e. The van der Waals surface area contributed by atoms with Crippen LogP contribution in [0.15, 0.2) is 58.4 Å². The highest BCUT2D eigenvalue weighted by Gasteiger charge is 2.31. The Morgan fingerprint density at radius 2 is 1.95 bits per heavy atom. The highest BCUT2D eigenvalue weighted by Crippen LogP contribution is 2.47. The largest absolute Gasteiger partial charge is 0.282 e. The summed E-state index contributed by atoms with van der Waals surface area (Å²) in [6, 6.07) is 14.7. The number of amidine groups is 1. The molecule has 21 heavy (non-hydrogen) atoms. The Balaban J connectivity index is 2.02. The van der Waals surface area contributed by atoms with E-state index in [-0.39, 0.29) is 5.17 Å². The van der Waals surface area contributed by atoms with Gasteiger partial charge in [-0.05, 0) is 17.7 Å². The van der Waals surface area contributed by atoms with Gasteiger partial charge >= 0.3 is 0 Å². The van der Waals surface area contributed by atoms with Crippen molar-refractivity contribution in [3.8, 4) is 0 Å². The molecule has 0 aliphatic carbocycles. The average molecular weight is 319 g/mol. The fraction of sp³-hybridized carbons (Fsp3) is 0.0667. The minimum absolute atomic E-state index is 0.275. The van der Waals surface area contributed by atoms with Gasteiger partial charge in [0.2, 0.25) is 0 Å². The lowest BCUT2D eigenvalue weighted by Crippen LogP contribution is -2.20. The van der Waals surface area contributed by atoms with Crippen LogP contribution in [0.1, 0.15) is 5.56 Å². The lowest BCUT2D eigenvalue weighted by molar-refractivity contribution is 0.314. The van der Waals surface area contributed by atoms with Crippen LogP contribution in [0.2, 0.25) is 5.02 Å². The van der Waals surface area contributed by atoms with Gasteiger partial charge in [-0.3, -0.25) is 10.2 Å². The van der Waals surface area contributed by atoms with Crippen LogP contribution in [0.25, 0.3) is 0 Å². The Kier molecular flexibility index (Phi) is 3.90. The molecular weight excluding hydrogens is 308 g/mol. The van der Waals surface area contributed by atoms with E-state index in [0.29, 0.717) is 22.2 Å². The molecule has 0 amide bonds. The van der Waals surface area contributed by atoms with Gasteiger partial charge in [0.25, 0.3) is 0 Å². The summed E-state index contributed by atoms with van der Waals surface area (Å²) in [4.78, 5) is 16.2. The normalized spacial score (nSPS) is 18.7. The van der Waals surface area contributed by atoms with Crippen molar-refractivity contribution in [2.45, 2.75) is 11.4 Å². The molecule has 0 radical (unpaired) electrons. The number of nitrogens with zero attached hydrogens (tertiary/aromatic N) is 2. The van der Waals surface area contributed by atoms with E-state index < -0.39 is 10.5 Å². The van der Waals surface area contributed by atoms with E-state index in [9.17, 15) is 10.0 Å². The van der Waals surface area contributed by atoms with Gasteiger partial charge in [0.05, 0.1) is 22.2 Å². The van der Waals surface area contributed by atoms with Crippen molar-refractivity contribution in [3.05, 3.63) is 59.1 Å². The first-order valence-electron chi connectivity index (χ1n) is 6.20. The molecule has 106 valence electrons. The van der Waals surface area contributed by atoms with Gasteiger partial charge in [0, 0.05) is 10.5 Å². The highest BCUT2D eigenvalue weighted by molar-refractivity contribution is 8.28. The third kappa shape index (κ3) is 2.52. The van der Waals surface area contributed by atoms with Crippen LogP contribution in [0.3, 0.4) is 0 Å². The number of hydrogen-bond acceptors (Lipinski definition) is 3. The second kappa shape index (κ2) is 5.84. The minimum atomic E-state index is -1.07. The SMILES string of the molecule is O=C=S1C(=NCc2ccccc2)N(O)c2cccc(Cl)c21. The van der Waals surface area contributed by atoms with Gasteiger partial charge < -0.3 is 0 Å². The predicted molar refractivity (Wildman–Crippen MR) is 84.8 cm³/mol. The molecule has 0 saturated heterocycles. The molecule has 1 heterocycles. The number of benzene rings is 2. The number of hydroxylamine groups is 1. The molecule has 3 rings (SSSR count). The maximum Gasteiger partial charge on any atom is 0.197 e. The molecule has 2 aromatic rings. The maximum atomic E-state index is 11.3. The first-order valence-corrected chi connectivity index (χ1v) is 7.80. The lowest BCUT2D eigenvalue weighted by Gasteiger charge is -2.09. The van der Waals surface area contributed by atoms with Crippen molar-refractivity contribution in [2.24, 2.45) is 4.99 Å². The second-order valence-corrected chi connectivity index (χ2v) is 6.33. The zero-order valence-electron chi connectivity index (χ0n) is 10.9. The van der Waals surface area contributed by atoms with Crippen LogP contribution in [0.4, 0.5) is 5.69 Å². The summed E-state index contributed by atoms with van der Waals surface area (Å²) in [5.74, 6) is 0. The van der Waals surface area contributed by atoms with Crippen LogP contribution < -0.4 is 5.06 Å². The summed E-state index contributed by atoms with van der Waals surface area (Å²) in [6.07, 6.45) is 0. The van der Waals surface area contributed by atoms with Crippen molar-refractivity contribution in [1.82, 2.24) is 0 Å². The van der Waals surface area contributed by atoms with E-state index in [0.717, 1.165) is 10.6 Å². The summed E-state index contributed by atoms with van der Waals surface area (Å²) in [5.41, 5.74) is 1.48. The number of aliphatic imine (C=N–C) groups is 1. The van der Waals surface area contributed by atoms with Crippen LogP contribution in [0, 0.1) is 0 Å². The Morgan fingerprint density at radius 3 is 2.67 bits per heavy atom. The maximum absolute atomic E-state index is 11.3. The topological polar surface area (TPSA) is 52.9 Å². The smallest absolute Gasteiger partial charge is 0.197 e. The first kappa shape index (κ1) is 14.0. The molecular formula is C15H11ClN2O2S. The lowest BCUT2D eigenvalue weighted by atomic mass is 10.2. The zero-order valence-corrected chi connectivity index (χ0v) is 12.4. The zero-order chi connectivity index (χ0) is 14.8. The number of anilines is 1. The summed E-state index contributed by atoms with van der Waals surface area (Å²) in [5, 5.41) is 13.8. The van der Waals surface area contributed by atoms with Crippen molar-refractivity contribution in [1.29, 1.82) is 0 Å². The molecule has 1 aliphatic rings. The summed E-state index contributed by atoms with van der Waals surface area (Å²) in [7, 11) is -1.07. The van der Waals surface area contributed by atoms with Gasteiger partial charge in [-0.2, -0.15) is 5.06 Å². The van der Waals surface area contributed by atoms with E-state index >= 15 is 0 Å². The number of carbonyl (C=O) groups excluding carboxylic acids is 1. The number of rotatable bonds is 2. The van der Waals surface area contributed by atoms with Crippen molar-refractivity contribution < 1.29 is 10.0 Å². The molecule has 0 fully saturated rings. The molecule has 0 saturated carbocycles. The number of halogens is 1. The molecule has 1 atom stereocenters. The van der Waals surface area contributed by atoms with Gasteiger partial charge in [-0.1, -0.05) is 48.0 Å². The van der Waals surface area contributed by atoms with E-state index in [2.05, 4.69) is 4.99 Å². The summed E-state index contributed by atoms with van der Waals surface area (Å²) >= 11 is 6.13. The molecule has 0 aromatic heterocycles. The van der Waals surface area contributed by atoms with Crippen LogP contribution in [0.5, 0.6) is 0 Å². The van der Waals surface area contributed by atoms with E-state index in [4.69, 9.17) is 11.6 Å². The third-order valence-electron chi connectivity index (χ3n) is 3.07. The molecule has 4 nitrogen and oxygen atoms in total. The summed E-state index contributed by atoms with van der Waals surface area (Å²) < 4.78 is 0. The van der Waals surface area contributed by atoms with Crippen molar-refractivity contribution in [3.63, 3.8) is 0 Å². The van der Waals surface area contributed by atoms with Gasteiger partial charge in [-0.25, -0.2) is 4.79 Å². The Hall–Kier alpha value is -1.91. The standard InChI is InChI=1S/C15H11ClN2O2S/c16-12-7-4-8-13-14(12)21(10-19)15(18(13)20)17-9-11-5-2-1-3-6-11/h1-8,20H,9H2. The molecule has 1 aliphatic heterocycles. The van der Waals surface area contributed by atoms with E-state index in [1.54, 1.807) is 18.2 Å². The molecule has 1 unspecified atom stereocenters. The third-order valence-corrected chi connectivity index (χ3v) is 5.16. The number of fused-ring (bicyclic) bond motifs is 1. The van der Waals surface area contributed by atoms with Crippen molar-refractivity contribution in [2.75, 3.05) is 5.06 Å². The van der Waals surface area contributed by atoms with Crippen molar-refractivity contribution >= 4 is 38.2 Å². The van der Waals surface area contributed by atoms with Crippen LogP contribution in [-0.4, -0.2) is 15.6 Å². The molecule has 6 heteroatoms. The molecule has 0 spiro atoms. The van der Waals surface area contributed by atoms with E-state index in [1.807, 2.05) is 35.6 Å². The van der Waals surface area contributed by atoms with Crippen LogP contribution in [-0.2, 0) is 11.3 Å². The fourth-order valence-electron chi connectivity index (χ4n) is 2.10. The predicted octanol–water partition coefficient (Wildman–Crippen LogP) is 3.80.